The van der Waals surface area contributed by atoms with Crippen LogP contribution >= 0.6 is 0 Å². The minimum atomic E-state index is -1.20. The Bertz CT molecular complexity index is 1240. The van der Waals surface area contributed by atoms with Gasteiger partial charge in [0.2, 0.25) is 0 Å². The Morgan fingerprint density at radius 2 is 1.42 bits per heavy atom. The zero-order chi connectivity index (χ0) is 24.0. The zero-order valence-electron chi connectivity index (χ0n) is 17.5. The number of carbonyl (C=O) groups is 4. The van der Waals surface area contributed by atoms with Gasteiger partial charge in [-0.15, -0.1) is 0 Å². The second-order valence-corrected chi connectivity index (χ2v) is 6.90. The molecule has 0 saturated heterocycles. The molecule has 0 unspecified atom stereocenters. The molecule has 0 saturated carbocycles. The molecule has 0 atom stereocenters. The van der Waals surface area contributed by atoms with Gasteiger partial charge in [-0.25, -0.2) is 4.79 Å². The van der Waals surface area contributed by atoms with Crippen molar-refractivity contribution in [1.82, 2.24) is 0 Å². The van der Waals surface area contributed by atoms with Crippen molar-refractivity contribution in [2.45, 2.75) is 6.42 Å². The van der Waals surface area contributed by atoms with Crippen molar-refractivity contribution in [2.75, 3.05) is 17.7 Å². The lowest BCUT2D eigenvalue weighted by atomic mass is 10.1. The number of amides is 2. The van der Waals surface area contributed by atoms with Gasteiger partial charge < -0.3 is 25.6 Å². The maximum atomic E-state index is 12.9. The first-order valence-electron chi connectivity index (χ1n) is 9.73. The summed E-state index contributed by atoms with van der Waals surface area (Å²) in [5.41, 5.74) is 0.905. The first kappa shape index (κ1) is 23.0. The maximum Gasteiger partial charge on any atom is 0.337 e. The molecule has 0 spiro atoms. The van der Waals surface area contributed by atoms with Gasteiger partial charge in [0, 0.05) is 11.3 Å². The highest BCUT2D eigenvalue weighted by atomic mass is 16.5. The molecule has 3 aromatic rings. The van der Waals surface area contributed by atoms with Crippen LogP contribution in [0.4, 0.5) is 11.4 Å². The van der Waals surface area contributed by atoms with Crippen LogP contribution in [0.5, 0.6) is 5.75 Å². The number of benzene rings is 3. The summed E-state index contributed by atoms with van der Waals surface area (Å²) in [4.78, 5) is 48.2. The maximum absolute atomic E-state index is 12.9. The summed E-state index contributed by atoms with van der Waals surface area (Å²) in [5.74, 6) is -3.28. The van der Waals surface area contributed by atoms with Gasteiger partial charge in [-0.3, -0.25) is 14.4 Å². The minimum absolute atomic E-state index is 0.0177. The van der Waals surface area contributed by atoms with Crippen LogP contribution in [-0.4, -0.2) is 41.1 Å². The van der Waals surface area contributed by atoms with E-state index in [4.69, 9.17) is 9.84 Å². The van der Waals surface area contributed by atoms with Crippen LogP contribution in [0.1, 0.15) is 36.6 Å². The van der Waals surface area contributed by atoms with E-state index in [1.165, 1.54) is 43.5 Å². The third kappa shape index (κ3) is 5.53. The van der Waals surface area contributed by atoms with Crippen LogP contribution in [0.2, 0.25) is 0 Å². The third-order valence-corrected chi connectivity index (χ3v) is 4.72. The fourth-order valence-corrected chi connectivity index (χ4v) is 3.15. The van der Waals surface area contributed by atoms with Crippen molar-refractivity contribution in [2.24, 2.45) is 0 Å². The molecule has 0 aliphatic rings. The predicted octanol–water partition coefficient (Wildman–Crippen LogP) is 3.53. The molecular weight excluding hydrogens is 428 g/mol. The Morgan fingerprint density at radius 1 is 0.788 bits per heavy atom. The molecule has 4 N–H and O–H groups in total. The molecule has 0 radical (unpaired) electrons. The molecular formula is C24H20N2O7. The lowest BCUT2D eigenvalue weighted by molar-refractivity contribution is -0.136. The molecule has 3 rings (SSSR count). The number of aliphatic carboxylic acids is 1. The Labute approximate surface area is 188 Å². The van der Waals surface area contributed by atoms with E-state index < -0.39 is 23.8 Å². The second kappa shape index (κ2) is 10.1. The highest BCUT2D eigenvalue weighted by Crippen LogP contribution is 2.24. The standard InChI is InChI=1S/C24H20N2O7/c1-33-20-11-10-15(22(29)25-18-8-4-2-6-14(18)13-21(27)28)12-17(20)23(30)26-19-9-5-3-7-16(19)24(31)32/h2-12H,13H2,1H3,(H,25,29)(H,26,30)(H,27,28)(H,31,32). The number of aromatic carboxylic acids is 1. The van der Waals surface area contributed by atoms with E-state index in [0.29, 0.717) is 11.3 Å². The van der Waals surface area contributed by atoms with E-state index >= 15 is 0 Å². The largest absolute Gasteiger partial charge is 0.496 e. The summed E-state index contributed by atoms with van der Waals surface area (Å²) in [7, 11) is 1.36. The topological polar surface area (TPSA) is 142 Å². The van der Waals surface area contributed by atoms with Gasteiger partial charge in [0.1, 0.15) is 5.75 Å². The number of carbonyl (C=O) groups excluding carboxylic acids is 2. The highest BCUT2D eigenvalue weighted by Gasteiger charge is 2.19. The summed E-state index contributed by atoms with van der Waals surface area (Å²) >= 11 is 0. The van der Waals surface area contributed by atoms with E-state index in [-0.39, 0.29) is 34.5 Å². The number of para-hydroxylation sites is 2. The molecule has 9 nitrogen and oxygen atoms in total. The van der Waals surface area contributed by atoms with Crippen molar-refractivity contribution in [1.29, 1.82) is 0 Å². The van der Waals surface area contributed by atoms with Crippen LogP contribution in [-0.2, 0) is 11.2 Å². The zero-order valence-corrected chi connectivity index (χ0v) is 17.5. The number of hydrogen-bond acceptors (Lipinski definition) is 5. The molecule has 3 aromatic carbocycles. The Hall–Kier alpha value is -4.66. The second-order valence-electron chi connectivity index (χ2n) is 6.90. The van der Waals surface area contributed by atoms with Crippen molar-refractivity contribution in [3.8, 4) is 5.75 Å². The molecule has 33 heavy (non-hydrogen) atoms. The summed E-state index contributed by atoms with van der Waals surface area (Å²) in [6.07, 6.45) is -0.268. The van der Waals surface area contributed by atoms with Crippen LogP contribution < -0.4 is 15.4 Å². The fourth-order valence-electron chi connectivity index (χ4n) is 3.15. The molecule has 0 aliphatic heterocycles. The summed E-state index contributed by atoms with van der Waals surface area (Å²) in [5, 5.41) is 23.6. The Morgan fingerprint density at radius 3 is 2.09 bits per heavy atom. The van der Waals surface area contributed by atoms with Crippen molar-refractivity contribution >= 4 is 35.1 Å². The highest BCUT2D eigenvalue weighted by molar-refractivity contribution is 6.11. The number of ether oxygens (including phenoxy) is 1. The Balaban J connectivity index is 1.88. The van der Waals surface area contributed by atoms with Crippen LogP contribution in [0.3, 0.4) is 0 Å². The summed E-state index contributed by atoms with van der Waals surface area (Å²) in [6, 6.07) is 16.6. The number of methoxy groups -OCH3 is 1. The first-order valence-corrected chi connectivity index (χ1v) is 9.73. The molecule has 0 bridgehead atoms. The molecule has 0 aromatic heterocycles. The average Bonchev–Trinajstić information content (AvgIpc) is 2.79. The lowest BCUT2D eigenvalue weighted by Crippen LogP contribution is -2.18. The number of hydrogen-bond donors (Lipinski definition) is 4. The molecule has 168 valence electrons. The minimum Gasteiger partial charge on any atom is -0.496 e. The van der Waals surface area contributed by atoms with E-state index in [2.05, 4.69) is 10.6 Å². The number of anilines is 2. The molecule has 0 heterocycles. The van der Waals surface area contributed by atoms with Crippen molar-refractivity contribution in [3.63, 3.8) is 0 Å². The van der Waals surface area contributed by atoms with Crippen LogP contribution in [0, 0.1) is 0 Å². The van der Waals surface area contributed by atoms with Crippen LogP contribution in [0.15, 0.2) is 66.7 Å². The normalized spacial score (nSPS) is 10.2. The van der Waals surface area contributed by atoms with Gasteiger partial charge in [-0.1, -0.05) is 30.3 Å². The van der Waals surface area contributed by atoms with E-state index in [9.17, 15) is 24.3 Å². The van der Waals surface area contributed by atoms with Gasteiger partial charge in [-0.2, -0.15) is 0 Å². The average molecular weight is 448 g/mol. The first-order chi connectivity index (χ1) is 15.8. The molecule has 0 fully saturated rings. The number of carboxylic acids is 2. The smallest absolute Gasteiger partial charge is 0.337 e. The van der Waals surface area contributed by atoms with E-state index in [1.807, 2.05) is 0 Å². The monoisotopic (exact) mass is 448 g/mol. The van der Waals surface area contributed by atoms with E-state index in [1.54, 1.807) is 30.3 Å². The quantitative estimate of drug-likeness (QED) is 0.413. The van der Waals surface area contributed by atoms with Gasteiger partial charge in [0.05, 0.1) is 30.3 Å². The summed E-state index contributed by atoms with van der Waals surface area (Å²) in [6.45, 7) is 0. The van der Waals surface area contributed by atoms with Gasteiger partial charge in [0.25, 0.3) is 11.8 Å². The van der Waals surface area contributed by atoms with Gasteiger partial charge in [-0.05, 0) is 42.0 Å². The van der Waals surface area contributed by atoms with Crippen molar-refractivity contribution in [3.05, 3.63) is 89.0 Å². The lowest BCUT2D eigenvalue weighted by Gasteiger charge is -2.13. The SMILES string of the molecule is COc1ccc(C(=O)Nc2ccccc2CC(=O)O)cc1C(=O)Nc1ccccc1C(=O)O. The Kier molecular flexibility index (Phi) is 7.04. The van der Waals surface area contributed by atoms with Crippen molar-refractivity contribution < 1.29 is 34.1 Å². The third-order valence-electron chi connectivity index (χ3n) is 4.72. The molecule has 0 aliphatic carbocycles. The van der Waals surface area contributed by atoms with Gasteiger partial charge >= 0.3 is 11.9 Å². The molecule has 2 amide bonds. The number of nitrogens with one attached hydrogen (secondary N) is 2. The fraction of sp³-hybridized carbons (Fsp3) is 0.0833. The summed E-state index contributed by atoms with van der Waals surface area (Å²) < 4.78 is 5.22. The van der Waals surface area contributed by atoms with Gasteiger partial charge in [0.15, 0.2) is 0 Å². The molecule has 9 heteroatoms. The van der Waals surface area contributed by atoms with Crippen LogP contribution in [0.25, 0.3) is 0 Å². The van der Waals surface area contributed by atoms with E-state index in [0.717, 1.165) is 0 Å². The number of rotatable bonds is 8. The number of carboxylic acid groups (broad SMARTS) is 2. The predicted molar refractivity (Wildman–Crippen MR) is 120 cm³/mol.